The zero-order chi connectivity index (χ0) is 15.2. The minimum Gasteiger partial charge on any atom is -0.497 e. The number of hydrogen-bond donors (Lipinski definition) is 1. The van der Waals surface area contributed by atoms with E-state index >= 15 is 0 Å². The Balaban J connectivity index is 1.89. The highest BCUT2D eigenvalue weighted by atomic mass is 16.5. The topological polar surface area (TPSA) is 64.8 Å². The summed E-state index contributed by atoms with van der Waals surface area (Å²) in [6.45, 7) is 1.79. The molecule has 1 aromatic carbocycles. The molecule has 0 radical (unpaired) electrons. The van der Waals surface area contributed by atoms with Gasteiger partial charge in [0.15, 0.2) is 0 Å². The monoisotopic (exact) mass is 292 g/mol. The molecule has 0 bridgehead atoms. The SMILES string of the molecule is COCC(N)C(=O)N1CCC(c2ccc(OC)cc2)CC1. The Morgan fingerprint density at radius 1 is 1.29 bits per heavy atom. The van der Waals surface area contributed by atoms with E-state index in [-0.39, 0.29) is 12.5 Å². The summed E-state index contributed by atoms with van der Waals surface area (Å²) in [4.78, 5) is 14.0. The average Bonchev–Trinajstić information content (AvgIpc) is 2.54. The van der Waals surface area contributed by atoms with Crippen LogP contribution in [0.3, 0.4) is 0 Å². The normalized spacial score (nSPS) is 17.6. The van der Waals surface area contributed by atoms with Crippen LogP contribution in [0.2, 0.25) is 0 Å². The number of rotatable bonds is 5. The van der Waals surface area contributed by atoms with Crippen molar-refractivity contribution in [3.63, 3.8) is 0 Å². The molecule has 0 aromatic heterocycles. The predicted molar refractivity (Wildman–Crippen MR) is 81.4 cm³/mol. The van der Waals surface area contributed by atoms with E-state index in [1.807, 2.05) is 17.0 Å². The van der Waals surface area contributed by atoms with Crippen LogP contribution in [0.4, 0.5) is 0 Å². The van der Waals surface area contributed by atoms with Gasteiger partial charge in [0.25, 0.3) is 0 Å². The maximum atomic E-state index is 12.1. The van der Waals surface area contributed by atoms with Gasteiger partial charge in [0.05, 0.1) is 13.7 Å². The maximum absolute atomic E-state index is 12.1. The zero-order valence-corrected chi connectivity index (χ0v) is 12.7. The summed E-state index contributed by atoms with van der Waals surface area (Å²) in [6.07, 6.45) is 1.94. The third-order valence-corrected chi connectivity index (χ3v) is 4.06. The van der Waals surface area contributed by atoms with Crippen LogP contribution in [0, 0.1) is 0 Å². The van der Waals surface area contributed by atoms with Crippen molar-refractivity contribution in [2.75, 3.05) is 33.9 Å². The van der Waals surface area contributed by atoms with E-state index in [9.17, 15) is 4.79 Å². The van der Waals surface area contributed by atoms with Crippen molar-refractivity contribution in [3.8, 4) is 5.75 Å². The second-order valence-corrected chi connectivity index (χ2v) is 5.43. The number of ether oxygens (including phenoxy) is 2. The van der Waals surface area contributed by atoms with Gasteiger partial charge in [0.1, 0.15) is 11.8 Å². The van der Waals surface area contributed by atoms with Gasteiger partial charge in [-0.15, -0.1) is 0 Å². The fourth-order valence-corrected chi connectivity index (χ4v) is 2.79. The van der Waals surface area contributed by atoms with E-state index in [0.717, 1.165) is 31.7 Å². The Hall–Kier alpha value is -1.59. The third-order valence-electron chi connectivity index (χ3n) is 4.06. The summed E-state index contributed by atoms with van der Waals surface area (Å²) in [5.74, 6) is 1.36. The van der Waals surface area contributed by atoms with Crippen molar-refractivity contribution in [3.05, 3.63) is 29.8 Å². The minimum atomic E-state index is -0.549. The van der Waals surface area contributed by atoms with Crippen molar-refractivity contribution in [2.24, 2.45) is 5.73 Å². The summed E-state index contributed by atoms with van der Waals surface area (Å²) in [5, 5.41) is 0. The van der Waals surface area contributed by atoms with Gasteiger partial charge in [-0.05, 0) is 36.5 Å². The molecule has 1 atom stereocenters. The number of nitrogens with zero attached hydrogens (tertiary/aromatic N) is 1. The lowest BCUT2D eigenvalue weighted by atomic mass is 9.89. The standard InChI is InChI=1S/C16H24N2O3/c1-20-11-15(17)16(19)18-9-7-13(8-10-18)12-3-5-14(21-2)6-4-12/h3-6,13,15H,7-11,17H2,1-2H3. The highest BCUT2D eigenvalue weighted by molar-refractivity contribution is 5.81. The number of benzene rings is 1. The largest absolute Gasteiger partial charge is 0.497 e. The van der Waals surface area contributed by atoms with Gasteiger partial charge < -0.3 is 20.1 Å². The quantitative estimate of drug-likeness (QED) is 0.890. The molecule has 2 N–H and O–H groups in total. The molecule has 1 saturated heterocycles. The van der Waals surface area contributed by atoms with E-state index < -0.39 is 6.04 Å². The number of carbonyl (C=O) groups is 1. The van der Waals surface area contributed by atoms with Gasteiger partial charge in [-0.2, -0.15) is 0 Å². The number of methoxy groups -OCH3 is 2. The van der Waals surface area contributed by atoms with Crippen LogP contribution in [0.1, 0.15) is 24.3 Å². The molecular formula is C16H24N2O3. The predicted octanol–water partition coefficient (Wildman–Crippen LogP) is 1.37. The maximum Gasteiger partial charge on any atom is 0.241 e. The third kappa shape index (κ3) is 3.95. The Labute approximate surface area is 126 Å². The van der Waals surface area contributed by atoms with Gasteiger partial charge in [-0.3, -0.25) is 4.79 Å². The average molecular weight is 292 g/mol. The van der Waals surface area contributed by atoms with Crippen molar-refractivity contribution in [1.82, 2.24) is 4.90 Å². The number of piperidine rings is 1. The van der Waals surface area contributed by atoms with E-state index in [4.69, 9.17) is 15.2 Å². The molecule has 1 heterocycles. The van der Waals surface area contributed by atoms with Crippen molar-refractivity contribution >= 4 is 5.91 Å². The van der Waals surface area contributed by atoms with Crippen molar-refractivity contribution < 1.29 is 14.3 Å². The van der Waals surface area contributed by atoms with E-state index in [0.29, 0.717) is 5.92 Å². The van der Waals surface area contributed by atoms with Crippen molar-refractivity contribution in [1.29, 1.82) is 0 Å². The number of carbonyl (C=O) groups excluding carboxylic acids is 1. The Bertz CT molecular complexity index is 453. The first-order chi connectivity index (χ1) is 10.2. The molecule has 1 amide bonds. The van der Waals surface area contributed by atoms with Gasteiger partial charge in [0, 0.05) is 20.2 Å². The zero-order valence-electron chi connectivity index (χ0n) is 12.7. The van der Waals surface area contributed by atoms with Gasteiger partial charge in [-0.25, -0.2) is 0 Å². The van der Waals surface area contributed by atoms with E-state index in [1.165, 1.54) is 5.56 Å². The van der Waals surface area contributed by atoms with Crippen LogP contribution in [0.15, 0.2) is 24.3 Å². The molecular weight excluding hydrogens is 268 g/mol. The summed E-state index contributed by atoms with van der Waals surface area (Å²) < 4.78 is 10.1. The summed E-state index contributed by atoms with van der Waals surface area (Å²) >= 11 is 0. The van der Waals surface area contributed by atoms with Crippen LogP contribution in [-0.4, -0.2) is 50.8 Å². The van der Waals surface area contributed by atoms with Crippen molar-refractivity contribution in [2.45, 2.75) is 24.8 Å². The fourth-order valence-electron chi connectivity index (χ4n) is 2.79. The van der Waals surface area contributed by atoms with Gasteiger partial charge in [0.2, 0.25) is 5.91 Å². The molecule has 1 fully saturated rings. The molecule has 0 saturated carbocycles. The van der Waals surface area contributed by atoms with E-state index in [2.05, 4.69) is 12.1 Å². The second kappa shape index (κ2) is 7.43. The fraction of sp³-hybridized carbons (Fsp3) is 0.562. The summed E-state index contributed by atoms with van der Waals surface area (Å²) in [5.41, 5.74) is 7.12. The Morgan fingerprint density at radius 2 is 1.90 bits per heavy atom. The molecule has 5 nitrogen and oxygen atoms in total. The molecule has 1 unspecified atom stereocenters. The first-order valence-electron chi connectivity index (χ1n) is 7.33. The highest BCUT2D eigenvalue weighted by Crippen LogP contribution is 2.29. The molecule has 0 aliphatic carbocycles. The van der Waals surface area contributed by atoms with Crippen LogP contribution < -0.4 is 10.5 Å². The molecule has 0 spiro atoms. The summed E-state index contributed by atoms with van der Waals surface area (Å²) in [6, 6.07) is 7.64. The van der Waals surface area contributed by atoms with Crippen LogP contribution in [0.5, 0.6) is 5.75 Å². The molecule has 1 aliphatic heterocycles. The lowest BCUT2D eigenvalue weighted by Gasteiger charge is -2.33. The molecule has 116 valence electrons. The van der Waals surface area contributed by atoms with Crippen LogP contribution >= 0.6 is 0 Å². The number of amides is 1. The molecule has 5 heteroatoms. The summed E-state index contributed by atoms with van der Waals surface area (Å²) in [7, 11) is 3.23. The smallest absolute Gasteiger partial charge is 0.241 e. The Morgan fingerprint density at radius 3 is 2.43 bits per heavy atom. The molecule has 21 heavy (non-hydrogen) atoms. The van der Waals surface area contributed by atoms with Gasteiger partial charge >= 0.3 is 0 Å². The molecule has 1 aliphatic rings. The number of nitrogens with two attached hydrogens (primary N) is 1. The first-order valence-corrected chi connectivity index (χ1v) is 7.33. The molecule has 1 aromatic rings. The number of hydrogen-bond acceptors (Lipinski definition) is 4. The Kier molecular flexibility index (Phi) is 5.59. The van der Waals surface area contributed by atoms with E-state index in [1.54, 1.807) is 14.2 Å². The highest BCUT2D eigenvalue weighted by Gasteiger charge is 2.26. The minimum absolute atomic E-state index is 0.00923. The van der Waals surface area contributed by atoms with Crippen LogP contribution in [0.25, 0.3) is 0 Å². The second-order valence-electron chi connectivity index (χ2n) is 5.43. The lowest BCUT2D eigenvalue weighted by Crippen LogP contribution is -2.48. The van der Waals surface area contributed by atoms with Crippen LogP contribution in [-0.2, 0) is 9.53 Å². The van der Waals surface area contributed by atoms with Gasteiger partial charge in [-0.1, -0.05) is 12.1 Å². The molecule has 2 rings (SSSR count). The number of likely N-dealkylation sites (tertiary alicyclic amines) is 1. The lowest BCUT2D eigenvalue weighted by molar-refractivity contribution is -0.134. The first kappa shape index (κ1) is 15.8.